The molecule has 4 N–H and O–H groups in total. The highest BCUT2D eigenvalue weighted by Crippen LogP contribution is 2.44. The molecule has 0 radical (unpaired) electrons. The molecule has 1 saturated heterocycles. The molecule has 0 aromatic carbocycles. The number of hydrogen-bond acceptors (Lipinski definition) is 8. The number of hydrogen-bond donors (Lipinski definition) is 3. The molecule has 0 bridgehead atoms. The lowest BCUT2D eigenvalue weighted by molar-refractivity contribution is -0.0568. The van der Waals surface area contributed by atoms with E-state index in [0.717, 1.165) is 0 Å². The van der Waals surface area contributed by atoms with Crippen molar-refractivity contribution in [2.24, 2.45) is 0 Å². The number of aromatic nitrogens is 2. The van der Waals surface area contributed by atoms with Gasteiger partial charge in [-0.15, -0.1) is 11.3 Å². The molecule has 104 valence electrons. The highest BCUT2D eigenvalue weighted by Gasteiger charge is 2.52. The molecule has 1 aliphatic heterocycles. The molecule has 2 aromatic rings. The van der Waals surface area contributed by atoms with Crippen molar-refractivity contribution < 1.29 is 14.9 Å². The van der Waals surface area contributed by atoms with E-state index in [9.17, 15) is 15.5 Å². The van der Waals surface area contributed by atoms with Crippen LogP contribution in [0.3, 0.4) is 0 Å². The van der Waals surface area contributed by atoms with E-state index >= 15 is 0 Å². The first-order valence-electron chi connectivity index (χ1n) is 5.98. The van der Waals surface area contributed by atoms with Gasteiger partial charge in [-0.25, -0.2) is 9.97 Å². The van der Waals surface area contributed by atoms with Crippen LogP contribution >= 0.6 is 11.3 Å². The maximum atomic E-state index is 10.2. The van der Waals surface area contributed by atoms with Crippen LogP contribution in [0.1, 0.15) is 11.3 Å². The van der Waals surface area contributed by atoms with Gasteiger partial charge in [-0.1, -0.05) is 0 Å². The largest absolute Gasteiger partial charge is 0.394 e. The monoisotopic (exact) mass is 292 g/mol. The lowest BCUT2D eigenvalue weighted by atomic mass is 9.95. The van der Waals surface area contributed by atoms with Gasteiger partial charge in [0.25, 0.3) is 0 Å². The summed E-state index contributed by atoms with van der Waals surface area (Å²) in [6.07, 6.45) is -0.0860. The second-order valence-corrected chi connectivity index (χ2v) is 5.49. The molecule has 8 heteroatoms. The topological polar surface area (TPSA) is 125 Å². The molecule has 3 rings (SSSR count). The van der Waals surface area contributed by atoms with Crippen LogP contribution in [-0.4, -0.2) is 39.0 Å². The van der Waals surface area contributed by atoms with Gasteiger partial charge >= 0.3 is 0 Å². The molecular formula is C12H12N4O3S. The fraction of sp³-hybridized carbons (Fsp3) is 0.417. The van der Waals surface area contributed by atoms with E-state index in [4.69, 9.17) is 10.5 Å². The van der Waals surface area contributed by atoms with Crippen LogP contribution in [0.15, 0.2) is 11.7 Å². The van der Waals surface area contributed by atoms with Gasteiger partial charge in [-0.3, -0.25) is 0 Å². The van der Waals surface area contributed by atoms with E-state index in [0.29, 0.717) is 21.6 Å². The zero-order chi connectivity index (χ0) is 14.3. The van der Waals surface area contributed by atoms with E-state index in [2.05, 4.69) is 9.97 Å². The Morgan fingerprint density at radius 3 is 3.05 bits per heavy atom. The number of rotatable bonds is 2. The summed E-state index contributed by atoms with van der Waals surface area (Å²) in [7, 11) is 0. The summed E-state index contributed by atoms with van der Waals surface area (Å²) in [5.41, 5.74) is 4.76. The number of ether oxygens (including phenoxy) is 1. The van der Waals surface area contributed by atoms with Gasteiger partial charge < -0.3 is 20.7 Å². The number of aliphatic hydroxyl groups is 2. The van der Waals surface area contributed by atoms with E-state index in [1.807, 2.05) is 6.07 Å². The number of fused-ring (bicyclic) bond motifs is 1. The predicted octanol–water partition coefficient (Wildman–Crippen LogP) is 0.134. The molecule has 7 nitrogen and oxygen atoms in total. The average Bonchev–Trinajstić information content (AvgIpc) is 3.01. The van der Waals surface area contributed by atoms with E-state index < -0.39 is 17.8 Å². The summed E-state index contributed by atoms with van der Waals surface area (Å²) in [4.78, 5) is 8.53. The van der Waals surface area contributed by atoms with Crippen molar-refractivity contribution in [2.45, 2.75) is 24.2 Å². The molecule has 0 saturated carbocycles. The fourth-order valence-electron chi connectivity index (χ4n) is 2.42. The Morgan fingerprint density at radius 2 is 2.40 bits per heavy atom. The molecule has 2 aromatic heterocycles. The normalized spacial score (nSPS) is 29.6. The molecule has 1 fully saturated rings. The zero-order valence-electron chi connectivity index (χ0n) is 10.4. The van der Waals surface area contributed by atoms with Crippen LogP contribution in [0.5, 0.6) is 0 Å². The number of nitrogens with two attached hydrogens (primary N) is 1. The Kier molecular flexibility index (Phi) is 3.07. The van der Waals surface area contributed by atoms with Crippen molar-refractivity contribution in [2.75, 3.05) is 12.3 Å². The van der Waals surface area contributed by atoms with Gasteiger partial charge in [0.1, 0.15) is 24.3 Å². The predicted molar refractivity (Wildman–Crippen MR) is 71.7 cm³/mol. The third kappa shape index (κ3) is 1.68. The first kappa shape index (κ1) is 13.2. The van der Waals surface area contributed by atoms with Crippen molar-refractivity contribution in [3.05, 3.63) is 16.6 Å². The molecule has 1 aliphatic rings. The maximum Gasteiger partial charge on any atom is 0.217 e. The lowest BCUT2D eigenvalue weighted by Gasteiger charge is -2.23. The smallest absolute Gasteiger partial charge is 0.217 e. The highest BCUT2D eigenvalue weighted by molar-refractivity contribution is 7.11. The van der Waals surface area contributed by atoms with Gasteiger partial charge in [0, 0.05) is 11.8 Å². The van der Waals surface area contributed by atoms with Crippen LogP contribution < -0.4 is 5.73 Å². The first-order chi connectivity index (χ1) is 9.62. The minimum atomic E-state index is -1.51. The SMILES string of the molecule is N#C[C@@]1(c2scc3c(N)ncnc23)O[C@H](CO)C[C@H]1O. The van der Waals surface area contributed by atoms with Crippen molar-refractivity contribution >= 4 is 28.1 Å². The fourth-order valence-corrected chi connectivity index (χ4v) is 3.56. The molecule has 20 heavy (non-hydrogen) atoms. The van der Waals surface area contributed by atoms with Crippen molar-refractivity contribution in [1.82, 2.24) is 9.97 Å². The summed E-state index contributed by atoms with van der Waals surface area (Å²) in [6, 6.07) is 2.03. The van der Waals surface area contributed by atoms with Gasteiger partial charge in [0.15, 0.2) is 0 Å². The van der Waals surface area contributed by atoms with Crippen LogP contribution in [0.4, 0.5) is 5.82 Å². The number of aliphatic hydroxyl groups excluding tert-OH is 2. The van der Waals surface area contributed by atoms with Crippen molar-refractivity contribution in [3.8, 4) is 6.07 Å². The number of thiophene rings is 1. The molecule has 3 heterocycles. The zero-order valence-corrected chi connectivity index (χ0v) is 11.2. The number of nitrogens with zero attached hydrogens (tertiary/aromatic N) is 3. The van der Waals surface area contributed by atoms with Gasteiger partial charge in [-0.05, 0) is 0 Å². The van der Waals surface area contributed by atoms with E-state index in [1.165, 1.54) is 17.7 Å². The van der Waals surface area contributed by atoms with Gasteiger partial charge in [-0.2, -0.15) is 5.26 Å². The van der Waals surface area contributed by atoms with Crippen LogP contribution in [0.2, 0.25) is 0 Å². The van der Waals surface area contributed by atoms with Gasteiger partial charge in [0.2, 0.25) is 5.60 Å². The Bertz CT molecular complexity index is 698. The second-order valence-electron chi connectivity index (χ2n) is 4.61. The third-order valence-corrected chi connectivity index (χ3v) is 4.53. The Balaban J connectivity index is 2.18. The maximum absolute atomic E-state index is 10.2. The first-order valence-corrected chi connectivity index (χ1v) is 6.86. The van der Waals surface area contributed by atoms with Gasteiger partial charge in [0.05, 0.1) is 28.5 Å². The third-order valence-electron chi connectivity index (χ3n) is 3.44. The molecule has 0 aliphatic carbocycles. The summed E-state index contributed by atoms with van der Waals surface area (Å²) in [5.74, 6) is 0.316. The molecule has 0 unspecified atom stereocenters. The summed E-state index contributed by atoms with van der Waals surface area (Å²) < 4.78 is 5.60. The van der Waals surface area contributed by atoms with Crippen LogP contribution in [-0.2, 0) is 10.3 Å². The van der Waals surface area contributed by atoms with Crippen LogP contribution in [0, 0.1) is 11.3 Å². The molecular weight excluding hydrogens is 280 g/mol. The number of anilines is 1. The Morgan fingerprint density at radius 1 is 1.60 bits per heavy atom. The summed E-state index contributed by atoms with van der Waals surface area (Å²) in [6.45, 7) is -0.249. The Hall–Kier alpha value is -1.79. The van der Waals surface area contributed by atoms with Crippen LogP contribution in [0.25, 0.3) is 10.9 Å². The van der Waals surface area contributed by atoms with E-state index in [-0.39, 0.29) is 13.0 Å². The lowest BCUT2D eigenvalue weighted by Crippen LogP contribution is -2.34. The quantitative estimate of drug-likeness (QED) is 0.718. The number of nitriles is 1. The number of nitrogen functional groups attached to an aromatic ring is 1. The Labute approximate surface area is 118 Å². The second kappa shape index (κ2) is 4.64. The molecule has 0 amide bonds. The van der Waals surface area contributed by atoms with E-state index in [1.54, 1.807) is 5.38 Å². The minimum Gasteiger partial charge on any atom is -0.394 e. The standard InChI is InChI=1S/C12H12N4O3S/c13-4-12(8(18)1-6(2-17)19-12)10-9-7(3-20-10)11(14)16-5-15-9/h3,5-6,8,17-18H,1-2H2,(H2,14,15,16)/t6-,8+,12+/m0/s1. The molecule has 0 spiro atoms. The summed E-state index contributed by atoms with van der Waals surface area (Å²) in [5, 5.41) is 31.3. The molecule has 3 atom stereocenters. The average molecular weight is 292 g/mol. The van der Waals surface area contributed by atoms with Crippen molar-refractivity contribution in [1.29, 1.82) is 5.26 Å². The summed E-state index contributed by atoms with van der Waals surface area (Å²) >= 11 is 1.24. The minimum absolute atomic E-state index is 0.198. The highest BCUT2D eigenvalue weighted by atomic mass is 32.1. The van der Waals surface area contributed by atoms with Crippen molar-refractivity contribution in [3.63, 3.8) is 0 Å².